The van der Waals surface area contributed by atoms with Crippen molar-refractivity contribution in [3.05, 3.63) is 59.7 Å². The number of guanidine groups is 1. The molecule has 0 aliphatic carbocycles. The maximum absolute atomic E-state index is 11.8. The SMILES string of the molecule is CCNC(=O)c1cccc(CN=C(N)Nc2ccc(OC)cc2)c1. The summed E-state index contributed by atoms with van der Waals surface area (Å²) in [7, 11) is 1.62. The molecule has 2 aromatic carbocycles. The Balaban J connectivity index is 1.98. The number of methoxy groups -OCH3 is 1. The third-order valence-corrected chi connectivity index (χ3v) is 3.32. The van der Waals surface area contributed by atoms with E-state index >= 15 is 0 Å². The molecular formula is C18H22N4O2. The van der Waals surface area contributed by atoms with Gasteiger partial charge in [-0.25, -0.2) is 4.99 Å². The van der Waals surface area contributed by atoms with Crippen molar-refractivity contribution in [1.82, 2.24) is 5.32 Å². The lowest BCUT2D eigenvalue weighted by atomic mass is 10.1. The van der Waals surface area contributed by atoms with Crippen molar-refractivity contribution in [2.75, 3.05) is 19.0 Å². The molecule has 0 heterocycles. The molecule has 0 aliphatic rings. The first-order valence-corrected chi connectivity index (χ1v) is 7.70. The molecular weight excluding hydrogens is 304 g/mol. The monoisotopic (exact) mass is 326 g/mol. The van der Waals surface area contributed by atoms with Gasteiger partial charge in [-0.1, -0.05) is 12.1 Å². The smallest absolute Gasteiger partial charge is 0.251 e. The third-order valence-electron chi connectivity index (χ3n) is 3.32. The number of rotatable bonds is 6. The lowest BCUT2D eigenvalue weighted by molar-refractivity contribution is 0.0955. The molecule has 126 valence electrons. The summed E-state index contributed by atoms with van der Waals surface area (Å²) in [6.07, 6.45) is 0. The van der Waals surface area contributed by atoms with Crippen molar-refractivity contribution in [2.45, 2.75) is 13.5 Å². The number of aliphatic imine (C=N–C) groups is 1. The molecule has 2 rings (SSSR count). The average Bonchev–Trinajstić information content (AvgIpc) is 2.61. The maximum Gasteiger partial charge on any atom is 0.251 e. The van der Waals surface area contributed by atoms with Gasteiger partial charge in [0, 0.05) is 17.8 Å². The van der Waals surface area contributed by atoms with Crippen LogP contribution < -0.4 is 21.1 Å². The van der Waals surface area contributed by atoms with E-state index in [1.807, 2.05) is 49.4 Å². The number of ether oxygens (including phenoxy) is 1. The summed E-state index contributed by atoms with van der Waals surface area (Å²) in [6.45, 7) is 2.87. The lowest BCUT2D eigenvalue weighted by Gasteiger charge is -2.07. The summed E-state index contributed by atoms with van der Waals surface area (Å²) in [5, 5.41) is 5.79. The molecule has 0 bridgehead atoms. The highest BCUT2D eigenvalue weighted by Gasteiger charge is 2.04. The predicted octanol–water partition coefficient (Wildman–Crippen LogP) is 2.37. The Morgan fingerprint density at radius 2 is 1.96 bits per heavy atom. The number of amides is 1. The van der Waals surface area contributed by atoms with E-state index in [0.717, 1.165) is 17.0 Å². The Morgan fingerprint density at radius 3 is 2.62 bits per heavy atom. The molecule has 0 fully saturated rings. The molecule has 0 aliphatic heterocycles. The summed E-state index contributed by atoms with van der Waals surface area (Å²) < 4.78 is 5.11. The van der Waals surface area contributed by atoms with Crippen LogP contribution >= 0.6 is 0 Å². The van der Waals surface area contributed by atoms with Gasteiger partial charge in [-0.05, 0) is 48.9 Å². The fourth-order valence-electron chi connectivity index (χ4n) is 2.11. The van der Waals surface area contributed by atoms with Crippen molar-refractivity contribution in [3.8, 4) is 5.75 Å². The van der Waals surface area contributed by atoms with Crippen LogP contribution in [0.15, 0.2) is 53.5 Å². The summed E-state index contributed by atoms with van der Waals surface area (Å²) in [5.74, 6) is 0.995. The molecule has 0 atom stereocenters. The van der Waals surface area contributed by atoms with Crippen molar-refractivity contribution in [1.29, 1.82) is 0 Å². The summed E-state index contributed by atoms with van der Waals surface area (Å²) in [6, 6.07) is 14.7. The lowest BCUT2D eigenvalue weighted by Crippen LogP contribution is -2.23. The van der Waals surface area contributed by atoms with E-state index in [9.17, 15) is 4.79 Å². The fraction of sp³-hybridized carbons (Fsp3) is 0.222. The molecule has 0 radical (unpaired) electrons. The van der Waals surface area contributed by atoms with Gasteiger partial charge in [0.2, 0.25) is 0 Å². The molecule has 0 saturated heterocycles. The zero-order valence-electron chi connectivity index (χ0n) is 13.9. The van der Waals surface area contributed by atoms with Gasteiger partial charge in [-0.15, -0.1) is 0 Å². The minimum absolute atomic E-state index is 0.0901. The Bertz CT molecular complexity index is 711. The summed E-state index contributed by atoms with van der Waals surface area (Å²) >= 11 is 0. The van der Waals surface area contributed by atoms with Crippen LogP contribution in [0.2, 0.25) is 0 Å². The highest BCUT2D eigenvalue weighted by Crippen LogP contribution is 2.14. The predicted molar refractivity (Wildman–Crippen MR) is 96.4 cm³/mol. The second-order valence-electron chi connectivity index (χ2n) is 5.11. The van der Waals surface area contributed by atoms with Crippen molar-refractivity contribution >= 4 is 17.6 Å². The second kappa shape index (κ2) is 8.57. The van der Waals surface area contributed by atoms with Crippen molar-refractivity contribution in [3.63, 3.8) is 0 Å². The van der Waals surface area contributed by atoms with Crippen LogP contribution in [-0.4, -0.2) is 25.5 Å². The molecule has 0 saturated carbocycles. The quantitative estimate of drug-likeness (QED) is 0.562. The highest BCUT2D eigenvalue weighted by atomic mass is 16.5. The van der Waals surface area contributed by atoms with Crippen molar-refractivity contribution in [2.24, 2.45) is 10.7 Å². The minimum atomic E-state index is -0.0901. The Hall–Kier alpha value is -3.02. The first-order chi connectivity index (χ1) is 11.6. The molecule has 24 heavy (non-hydrogen) atoms. The first-order valence-electron chi connectivity index (χ1n) is 7.70. The molecule has 6 nitrogen and oxygen atoms in total. The van der Waals surface area contributed by atoms with E-state index in [0.29, 0.717) is 24.6 Å². The van der Waals surface area contributed by atoms with Gasteiger partial charge in [-0.2, -0.15) is 0 Å². The van der Waals surface area contributed by atoms with Crippen LogP contribution in [0, 0.1) is 0 Å². The molecule has 0 aromatic heterocycles. The molecule has 0 spiro atoms. The van der Waals surface area contributed by atoms with Crippen LogP contribution in [0.5, 0.6) is 5.75 Å². The maximum atomic E-state index is 11.8. The number of anilines is 1. The fourth-order valence-corrected chi connectivity index (χ4v) is 2.11. The number of hydrogen-bond acceptors (Lipinski definition) is 3. The van der Waals surface area contributed by atoms with E-state index in [-0.39, 0.29) is 5.91 Å². The number of nitrogens with two attached hydrogens (primary N) is 1. The van der Waals surface area contributed by atoms with E-state index < -0.39 is 0 Å². The largest absolute Gasteiger partial charge is 0.497 e. The van der Waals surface area contributed by atoms with Crippen LogP contribution in [0.25, 0.3) is 0 Å². The Labute approximate surface area is 141 Å². The van der Waals surface area contributed by atoms with Gasteiger partial charge in [0.05, 0.1) is 13.7 Å². The standard InChI is InChI=1S/C18H22N4O2/c1-3-20-17(23)14-6-4-5-13(11-14)12-21-18(19)22-15-7-9-16(24-2)10-8-15/h4-11H,3,12H2,1-2H3,(H,20,23)(H3,19,21,22). The van der Waals surface area contributed by atoms with Gasteiger partial charge < -0.3 is 21.1 Å². The number of hydrogen-bond donors (Lipinski definition) is 3. The minimum Gasteiger partial charge on any atom is -0.497 e. The zero-order valence-corrected chi connectivity index (χ0v) is 13.9. The first kappa shape index (κ1) is 17.3. The van der Waals surface area contributed by atoms with Gasteiger partial charge in [0.25, 0.3) is 5.91 Å². The molecule has 0 unspecified atom stereocenters. The highest BCUT2D eigenvalue weighted by molar-refractivity contribution is 5.94. The molecule has 4 N–H and O–H groups in total. The van der Waals surface area contributed by atoms with E-state index in [2.05, 4.69) is 15.6 Å². The van der Waals surface area contributed by atoms with E-state index in [1.54, 1.807) is 13.2 Å². The number of nitrogens with one attached hydrogen (secondary N) is 2. The molecule has 6 heteroatoms. The van der Waals surface area contributed by atoms with Crippen LogP contribution in [-0.2, 0) is 6.54 Å². The summed E-state index contributed by atoms with van der Waals surface area (Å²) in [5.41, 5.74) is 8.26. The number of benzene rings is 2. The summed E-state index contributed by atoms with van der Waals surface area (Å²) in [4.78, 5) is 16.1. The van der Waals surface area contributed by atoms with Crippen LogP contribution in [0.3, 0.4) is 0 Å². The van der Waals surface area contributed by atoms with Crippen molar-refractivity contribution < 1.29 is 9.53 Å². The number of carbonyl (C=O) groups is 1. The van der Waals surface area contributed by atoms with Gasteiger partial charge >= 0.3 is 0 Å². The number of nitrogens with zero attached hydrogens (tertiary/aromatic N) is 1. The molecule has 1 amide bonds. The number of carbonyl (C=O) groups excluding carboxylic acids is 1. The van der Waals surface area contributed by atoms with Gasteiger partial charge in [-0.3, -0.25) is 4.79 Å². The van der Waals surface area contributed by atoms with Gasteiger partial charge in [0.1, 0.15) is 5.75 Å². The van der Waals surface area contributed by atoms with Gasteiger partial charge in [0.15, 0.2) is 5.96 Å². The second-order valence-corrected chi connectivity index (χ2v) is 5.11. The Kier molecular flexibility index (Phi) is 6.19. The molecule has 2 aromatic rings. The normalized spacial score (nSPS) is 11.0. The average molecular weight is 326 g/mol. The van der Waals surface area contributed by atoms with E-state index in [4.69, 9.17) is 10.5 Å². The Morgan fingerprint density at radius 1 is 1.21 bits per heavy atom. The van der Waals surface area contributed by atoms with E-state index in [1.165, 1.54) is 0 Å². The topological polar surface area (TPSA) is 88.7 Å². The third kappa shape index (κ3) is 5.01. The zero-order chi connectivity index (χ0) is 17.4. The van der Waals surface area contributed by atoms with Crippen LogP contribution in [0.1, 0.15) is 22.8 Å². The van der Waals surface area contributed by atoms with Crippen LogP contribution in [0.4, 0.5) is 5.69 Å².